The number of aromatic nitrogens is 2. The lowest BCUT2D eigenvalue weighted by molar-refractivity contribution is -0.114. The Labute approximate surface area is 86.2 Å². The first-order valence-corrected chi connectivity index (χ1v) is 4.35. The summed E-state index contributed by atoms with van der Waals surface area (Å²) in [6.07, 6.45) is 1.75. The molecule has 0 aliphatic heterocycles. The van der Waals surface area contributed by atoms with Gasteiger partial charge in [0.2, 0.25) is 5.91 Å². The first kappa shape index (κ1) is 10.9. The van der Waals surface area contributed by atoms with Crippen LogP contribution in [-0.2, 0) is 11.3 Å². The van der Waals surface area contributed by atoms with Gasteiger partial charge in [-0.05, 0) is 6.07 Å². The Bertz CT molecular complexity index is 458. The highest BCUT2D eigenvalue weighted by Crippen LogP contribution is 1.97. The zero-order valence-corrected chi connectivity index (χ0v) is 8.23. The van der Waals surface area contributed by atoms with Crippen molar-refractivity contribution in [3.63, 3.8) is 0 Å². The van der Waals surface area contributed by atoms with Crippen LogP contribution in [0.15, 0.2) is 17.1 Å². The van der Waals surface area contributed by atoms with Crippen LogP contribution < -0.4 is 11.0 Å². The van der Waals surface area contributed by atoms with Crippen molar-refractivity contribution in [1.29, 1.82) is 5.26 Å². The number of rotatable bonds is 3. The largest absolute Gasteiger partial charge is 0.349 e. The molecule has 0 aliphatic carbocycles. The summed E-state index contributed by atoms with van der Waals surface area (Å²) in [5, 5.41) is 10.7. The van der Waals surface area contributed by atoms with E-state index in [1.807, 2.05) is 6.07 Å². The van der Waals surface area contributed by atoms with Crippen LogP contribution in [-0.4, -0.2) is 15.5 Å². The number of carbonyl (C=O) groups excluding carboxylic acids is 1. The van der Waals surface area contributed by atoms with Gasteiger partial charge in [0.1, 0.15) is 5.82 Å². The molecule has 1 aromatic rings. The highest BCUT2D eigenvalue weighted by Gasteiger charge is 2.00. The summed E-state index contributed by atoms with van der Waals surface area (Å²) in [6.45, 7) is 1.64. The Morgan fingerprint density at radius 2 is 2.47 bits per heavy atom. The van der Waals surface area contributed by atoms with Crippen LogP contribution in [0.4, 0.5) is 5.82 Å². The Kier molecular flexibility index (Phi) is 3.57. The zero-order chi connectivity index (χ0) is 11.3. The van der Waals surface area contributed by atoms with Gasteiger partial charge in [-0.2, -0.15) is 10.2 Å². The summed E-state index contributed by atoms with van der Waals surface area (Å²) in [4.78, 5) is 25.6. The summed E-state index contributed by atoms with van der Waals surface area (Å²) < 4.78 is 1.31. The van der Waals surface area contributed by atoms with E-state index < -0.39 is 5.69 Å². The SMILES string of the molecule is CC(=O)Nc1ccn(CCC#N)c(=O)n1. The molecule has 0 unspecified atom stereocenters. The maximum atomic E-state index is 11.3. The molecule has 0 spiro atoms. The second kappa shape index (κ2) is 4.91. The van der Waals surface area contributed by atoms with Crippen LogP contribution in [0, 0.1) is 11.3 Å². The number of nitrogens with zero attached hydrogens (tertiary/aromatic N) is 3. The summed E-state index contributed by atoms with van der Waals surface area (Å²) >= 11 is 0. The third-order valence-corrected chi connectivity index (χ3v) is 1.64. The standard InChI is InChI=1S/C9H10N4O2/c1-7(14)11-8-3-6-13(5-2-4-10)9(15)12-8/h3,6H,2,5H2,1H3,(H,11,12,14,15). The van der Waals surface area contributed by atoms with Gasteiger partial charge in [-0.15, -0.1) is 0 Å². The van der Waals surface area contributed by atoms with Crippen molar-refractivity contribution in [2.24, 2.45) is 0 Å². The van der Waals surface area contributed by atoms with E-state index in [4.69, 9.17) is 5.26 Å². The lowest BCUT2D eigenvalue weighted by atomic mass is 10.4. The smallest absolute Gasteiger partial charge is 0.311 e. The minimum atomic E-state index is -0.475. The predicted octanol–water partition coefficient (Wildman–Crippen LogP) is 0.115. The molecule has 78 valence electrons. The fourth-order valence-electron chi connectivity index (χ4n) is 1.02. The zero-order valence-electron chi connectivity index (χ0n) is 8.23. The van der Waals surface area contributed by atoms with Crippen molar-refractivity contribution in [3.8, 4) is 6.07 Å². The molecule has 0 aliphatic rings. The van der Waals surface area contributed by atoms with Gasteiger partial charge in [-0.1, -0.05) is 0 Å². The summed E-state index contributed by atoms with van der Waals surface area (Å²) in [7, 11) is 0. The van der Waals surface area contributed by atoms with Gasteiger partial charge in [-0.25, -0.2) is 4.79 Å². The molecular weight excluding hydrogens is 196 g/mol. The van der Waals surface area contributed by atoms with Gasteiger partial charge >= 0.3 is 5.69 Å². The molecular formula is C9H10N4O2. The topological polar surface area (TPSA) is 87.8 Å². The molecule has 0 radical (unpaired) electrons. The quantitative estimate of drug-likeness (QED) is 0.760. The fourth-order valence-corrected chi connectivity index (χ4v) is 1.02. The second-order valence-corrected chi connectivity index (χ2v) is 2.88. The molecule has 0 bridgehead atoms. The number of nitrogens with one attached hydrogen (secondary N) is 1. The molecule has 1 aromatic heterocycles. The monoisotopic (exact) mass is 206 g/mol. The Hall–Kier alpha value is -2.16. The molecule has 0 saturated carbocycles. The molecule has 1 N–H and O–H groups in total. The van der Waals surface area contributed by atoms with Crippen molar-refractivity contribution < 1.29 is 4.79 Å². The third-order valence-electron chi connectivity index (χ3n) is 1.64. The lowest BCUT2D eigenvalue weighted by Gasteiger charge is -2.03. The third kappa shape index (κ3) is 3.23. The normalized spacial score (nSPS) is 9.33. The summed E-state index contributed by atoms with van der Waals surface area (Å²) in [5.41, 5.74) is -0.475. The number of amides is 1. The number of anilines is 1. The van der Waals surface area contributed by atoms with E-state index >= 15 is 0 Å². The molecule has 1 amide bonds. The van der Waals surface area contributed by atoms with Gasteiger partial charge in [-0.3, -0.25) is 9.36 Å². The Morgan fingerprint density at radius 1 is 1.73 bits per heavy atom. The Balaban J connectivity index is 2.84. The second-order valence-electron chi connectivity index (χ2n) is 2.88. The van der Waals surface area contributed by atoms with Crippen LogP contribution in [0.1, 0.15) is 13.3 Å². The minimum Gasteiger partial charge on any atom is -0.311 e. The van der Waals surface area contributed by atoms with Gasteiger partial charge in [0.15, 0.2) is 0 Å². The summed E-state index contributed by atoms with van der Waals surface area (Å²) in [6, 6.07) is 3.45. The van der Waals surface area contributed by atoms with Crippen LogP contribution in [0.2, 0.25) is 0 Å². The van der Waals surface area contributed by atoms with Crippen molar-refractivity contribution in [3.05, 3.63) is 22.7 Å². The van der Waals surface area contributed by atoms with E-state index in [0.717, 1.165) is 0 Å². The Morgan fingerprint density at radius 3 is 3.00 bits per heavy atom. The van der Waals surface area contributed by atoms with E-state index in [-0.39, 0.29) is 18.1 Å². The average Bonchev–Trinajstić information content (AvgIpc) is 2.15. The molecule has 1 rings (SSSR count). The summed E-state index contributed by atoms with van der Waals surface area (Å²) in [5.74, 6) is -0.0580. The molecule has 0 atom stereocenters. The predicted molar refractivity (Wildman–Crippen MR) is 53.0 cm³/mol. The number of carbonyl (C=O) groups is 1. The minimum absolute atomic E-state index is 0.223. The maximum absolute atomic E-state index is 11.3. The van der Waals surface area contributed by atoms with E-state index in [2.05, 4.69) is 10.3 Å². The molecule has 6 nitrogen and oxygen atoms in total. The average molecular weight is 206 g/mol. The number of aryl methyl sites for hydroxylation is 1. The van der Waals surface area contributed by atoms with E-state index in [1.54, 1.807) is 0 Å². The highest BCUT2D eigenvalue weighted by molar-refractivity contribution is 5.87. The van der Waals surface area contributed by atoms with E-state index in [9.17, 15) is 9.59 Å². The van der Waals surface area contributed by atoms with Gasteiger partial charge in [0.05, 0.1) is 12.5 Å². The number of hydrogen-bond donors (Lipinski definition) is 1. The molecule has 0 saturated heterocycles. The van der Waals surface area contributed by atoms with Crippen LogP contribution >= 0.6 is 0 Å². The lowest BCUT2D eigenvalue weighted by Crippen LogP contribution is -2.24. The number of nitriles is 1. The van der Waals surface area contributed by atoms with E-state index in [0.29, 0.717) is 6.54 Å². The van der Waals surface area contributed by atoms with Crippen LogP contribution in [0.5, 0.6) is 0 Å². The van der Waals surface area contributed by atoms with E-state index in [1.165, 1.54) is 23.8 Å². The highest BCUT2D eigenvalue weighted by atomic mass is 16.2. The molecule has 0 aromatic carbocycles. The first-order chi connectivity index (χ1) is 7.13. The van der Waals surface area contributed by atoms with Crippen molar-refractivity contribution in [2.75, 3.05) is 5.32 Å². The van der Waals surface area contributed by atoms with Gasteiger partial charge in [0, 0.05) is 19.7 Å². The number of hydrogen-bond acceptors (Lipinski definition) is 4. The molecule has 1 heterocycles. The fraction of sp³-hybridized carbons (Fsp3) is 0.333. The van der Waals surface area contributed by atoms with Gasteiger partial charge in [0.25, 0.3) is 0 Å². The van der Waals surface area contributed by atoms with Crippen LogP contribution in [0.3, 0.4) is 0 Å². The molecule has 0 fully saturated rings. The van der Waals surface area contributed by atoms with Gasteiger partial charge < -0.3 is 5.32 Å². The van der Waals surface area contributed by atoms with Crippen molar-refractivity contribution in [1.82, 2.24) is 9.55 Å². The van der Waals surface area contributed by atoms with Crippen LogP contribution in [0.25, 0.3) is 0 Å². The first-order valence-electron chi connectivity index (χ1n) is 4.35. The molecule has 6 heteroatoms. The van der Waals surface area contributed by atoms with Crippen molar-refractivity contribution in [2.45, 2.75) is 19.9 Å². The van der Waals surface area contributed by atoms with Crippen molar-refractivity contribution >= 4 is 11.7 Å². The maximum Gasteiger partial charge on any atom is 0.349 e. The molecule has 15 heavy (non-hydrogen) atoms.